The number of aryl methyl sites for hydroxylation is 2. The van der Waals surface area contributed by atoms with E-state index in [0.717, 1.165) is 24.4 Å². The second-order valence-corrected chi connectivity index (χ2v) is 9.84. The molecule has 0 spiro atoms. The van der Waals surface area contributed by atoms with Gasteiger partial charge < -0.3 is 34.5 Å². The van der Waals surface area contributed by atoms with Gasteiger partial charge >= 0.3 is 5.97 Å². The van der Waals surface area contributed by atoms with Crippen molar-refractivity contribution in [3.8, 4) is 5.69 Å². The van der Waals surface area contributed by atoms with Crippen LogP contribution in [0.4, 0.5) is 0 Å². The van der Waals surface area contributed by atoms with Gasteiger partial charge in [0.15, 0.2) is 0 Å². The maximum Gasteiger partial charge on any atom is 0.337 e. The number of carboxylic acids is 1. The first-order valence-corrected chi connectivity index (χ1v) is 14.5. The number of nitrogens with one attached hydrogen (secondary N) is 4. The number of carbonyl (C=O) groups is 4. The maximum absolute atomic E-state index is 12.6. The van der Waals surface area contributed by atoms with Crippen LogP contribution in [0.25, 0.3) is 5.69 Å². The largest absolute Gasteiger partial charge is 0.478 e. The molecule has 0 saturated carbocycles. The van der Waals surface area contributed by atoms with Gasteiger partial charge in [-0.15, -0.1) is 0 Å². The van der Waals surface area contributed by atoms with E-state index in [-0.39, 0.29) is 29.9 Å². The summed E-state index contributed by atoms with van der Waals surface area (Å²) in [5.74, 6) is -2.33. The highest BCUT2D eigenvalue weighted by Crippen LogP contribution is 2.22. The van der Waals surface area contributed by atoms with Crippen LogP contribution in [0.3, 0.4) is 0 Å². The molecule has 1 heterocycles. The molecule has 0 atom stereocenters. The Labute approximate surface area is 252 Å². The van der Waals surface area contributed by atoms with Crippen molar-refractivity contribution < 1.29 is 38.5 Å². The van der Waals surface area contributed by atoms with Crippen LogP contribution in [0.1, 0.15) is 64.2 Å². The van der Waals surface area contributed by atoms with Crippen LogP contribution in [-0.4, -0.2) is 93.1 Å². The lowest BCUT2D eigenvalue weighted by Crippen LogP contribution is -2.41. The predicted molar refractivity (Wildman–Crippen MR) is 160 cm³/mol. The smallest absolute Gasteiger partial charge is 0.337 e. The number of carboxylic acid groups (broad SMARTS) is 1. The van der Waals surface area contributed by atoms with E-state index in [9.17, 15) is 24.3 Å². The number of rotatable bonds is 21. The van der Waals surface area contributed by atoms with Crippen molar-refractivity contribution in [2.75, 3.05) is 59.8 Å². The van der Waals surface area contributed by atoms with E-state index < -0.39 is 17.8 Å². The van der Waals surface area contributed by atoms with Gasteiger partial charge in [-0.2, -0.15) is 0 Å². The normalized spacial score (nSPS) is 10.9. The number of aromatic carboxylic acids is 1. The third kappa shape index (κ3) is 13.4. The zero-order chi connectivity index (χ0) is 31.5. The molecule has 0 unspecified atom stereocenters. The van der Waals surface area contributed by atoms with Gasteiger partial charge in [-0.3, -0.25) is 25.2 Å². The molecular formula is C30H45N5O8. The molecule has 2 aromatic rings. The van der Waals surface area contributed by atoms with Gasteiger partial charge in [-0.05, 0) is 77.0 Å². The quantitative estimate of drug-likeness (QED) is 0.106. The molecule has 0 radical (unpaired) electrons. The van der Waals surface area contributed by atoms with Crippen molar-refractivity contribution in [1.29, 1.82) is 0 Å². The number of hydrazine groups is 1. The summed E-state index contributed by atoms with van der Waals surface area (Å²) in [4.78, 5) is 48.6. The van der Waals surface area contributed by atoms with E-state index >= 15 is 0 Å². The summed E-state index contributed by atoms with van der Waals surface area (Å²) in [6, 6.07) is 7.93. The zero-order valence-electron chi connectivity index (χ0n) is 25.3. The molecule has 43 heavy (non-hydrogen) atoms. The van der Waals surface area contributed by atoms with Gasteiger partial charge in [0.25, 0.3) is 5.91 Å². The van der Waals surface area contributed by atoms with E-state index in [1.165, 1.54) is 18.2 Å². The highest BCUT2D eigenvalue weighted by Gasteiger charge is 2.18. The average molecular weight is 604 g/mol. The number of nitrogens with zero attached hydrogens (tertiary/aromatic N) is 1. The van der Waals surface area contributed by atoms with E-state index in [1.54, 1.807) is 4.57 Å². The molecule has 1 aromatic carbocycles. The lowest BCUT2D eigenvalue weighted by molar-refractivity contribution is -0.122. The van der Waals surface area contributed by atoms with E-state index in [1.807, 2.05) is 33.0 Å². The van der Waals surface area contributed by atoms with Gasteiger partial charge in [0.2, 0.25) is 11.8 Å². The van der Waals surface area contributed by atoms with E-state index in [2.05, 4.69) is 21.5 Å². The summed E-state index contributed by atoms with van der Waals surface area (Å²) in [6.45, 7) is 8.33. The number of carbonyl (C=O) groups excluding carboxylic acids is 3. The maximum atomic E-state index is 12.6. The Bertz CT molecular complexity index is 1160. The minimum Gasteiger partial charge on any atom is -0.478 e. The molecule has 2 rings (SSSR count). The Morgan fingerprint density at radius 3 is 1.93 bits per heavy atom. The Morgan fingerprint density at radius 2 is 1.33 bits per heavy atom. The van der Waals surface area contributed by atoms with Crippen LogP contribution in [0.15, 0.2) is 30.3 Å². The van der Waals surface area contributed by atoms with Crippen LogP contribution < -0.4 is 21.5 Å². The lowest BCUT2D eigenvalue weighted by Gasteiger charge is -2.14. The average Bonchev–Trinajstić information content (AvgIpc) is 3.32. The first kappa shape index (κ1) is 35.4. The number of ether oxygens (including phenoxy) is 3. The number of hydrogen-bond acceptors (Lipinski definition) is 8. The second kappa shape index (κ2) is 20.2. The highest BCUT2D eigenvalue weighted by atomic mass is 16.5. The molecule has 0 aliphatic carbocycles. The summed E-state index contributed by atoms with van der Waals surface area (Å²) in [7, 11) is 1.91. The SMILES string of the molecule is CNCCCOCCOCCOCCCNC(=O)CCCC(=O)NNC(=O)c1ccc(C(=O)O)c(-n2c(C)ccc2C)c1. The van der Waals surface area contributed by atoms with Crippen molar-refractivity contribution in [2.45, 2.75) is 46.0 Å². The van der Waals surface area contributed by atoms with Crippen molar-refractivity contribution in [2.24, 2.45) is 0 Å². The molecule has 1 aromatic heterocycles. The van der Waals surface area contributed by atoms with Crippen LogP contribution in [0.5, 0.6) is 0 Å². The van der Waals surface area contributed by atoms with Crippen LogP contribution in [0, 0.1) is 13.8 Å². The highest BCUT2D eigenvalue weighted by molar-refractivity contribution is 5.99. The van der Waals surface area contributed by atoms with Gasteiger partial charge in [-0.1, -0.05) is 0 Å². The minimum atomic E-state index is -1.12. The van der Waals surface area contributed by atoms with E-state index in [0.29, 0.717) is 64.7 Å². The fourth-order valence-corrected chi connectivity index (χ4v) is 4.14. The van der Waals surface area contributed by atoms with E-state index in [4.69, 9.17) is 14.2 Å². The third-order valence-corrected chi connectivity index (χ3v) is 6.37. The summed E-state index contributed by atoms with van der Waals surface area (Å²) in [6.07, 6.45) is 2.15. The molecule has 0 saturated heterocycles. The van der Waals surface area contributed by atoms with Crippen LogP contribution in [0.2, 0.25) is 0 Å². The zero-order valence-corrected chi connectivity index (χ0v) is 25.3. The Balaban J connectivity index is 1.57. The molecule has 3 amide bonds. The number of amides is 3. The number of aromatic nitrogens is 1. The molecule has 5 N–H and O–H groups in total. The topological polar surface area (TPSA) is 169 Å². The predicted octanol–water partition coefficient (Wildman–Crippen LogP) is 1.89. The molecule has 0 fully saturated rings. The molecule has 238 valence electrons. The first-order valence-electron chi connectivity index (χ1n) is 14.5. The van der Waals surface area contributed by atoms with Crippen molar-refractivity contribution >= 4 is 23.7 Å². The van der Waals surface area contributed by atoms with Gasteiger partial charge in [0.05, 0.1) is 37.7 Å². The summed E-state index contributed by atoms with van der Waals surface area (Å²) >= 11 is 0. The molecule has 13 nitrogen and oxygen atoms in total. The summed E-state index contributed by atoms with van der Waals surface area (Å²) in [5, 5.41) is 15.5. The minimum absolute atomic E-state index is 0.0444. The molecular weight excluding hydrogens is 558 g/mol. The van der Waals surface area contributed by atoms with Gasteiger partial charge in [0, 0.05) is 49.6 Å². The first-order chi connectivity index (χ1) is 20.7. The Morgan fingerprint density at radius 1 is 0.744 bits per heavy atom. The molecule has 13 heteroatoms. The van der Waals surface area contributed by atoms with Crippen molar-refractivity contribution in [3.63, 3.8) is 0 Å². The molecule has 0 bridgehead atoms. The molecule has 0 aliphatic heterocycles. The van der Waals surface area contributed by atoms with Crippen LogP contribution in [-0.2, 0) is 23.8 Å². The van der Waals surface area contributed by atoms with Crippen molar-refractivity contribution in [1.82, 2.24) is 26.1 Å². The fourth-order valence-electron chi connectivity index (χ4n) is 4.14. The standard InChI is InChI=1S/C30H45N5O8/c1-22-9-10-23(2)35(22)26-21-24(11-12-25(26)30(39)40)29(38)34-33-28(37)8-4-7-27(36)32-14-6-16-42-18-20-43-19-17-41-15-5-13-31-3/h9-12,21,31H,4-8,13-20H2,1-3H3,(H,32,36)(H,33,37)(H,34,38)(H,39,40). The molecule has 0 aliphatic rings. The Hall–Kier alpha value is -3.78. The van der Waals surface area contributed by atoms with Gasteiger partial charge in [0.1, 0.15) is 0 Å². The Kier molecular flexibility index (Phi) is 16.6. The lowest BCUT2D eigenvalue weighted by atomic mass is 10.1. The summed E-state index contributed by atoms with van der Waals surface area (Å²) < 4.78 is 18.1. The number of benzene rings is 1. The van der Waals surface area contributed by atoms with Crippen molar-refractivity contribution in [3.05, 3.63) is 52.8 Å². The summed E-state index contributed by atoms with van der Waals surface area (Å²) in [5.41, 5.74) is 6.90. The number of hydrogen-bond donors (Lipinski definition) is 5. The monoisotopic (exact) mass is 603 g/mol. The third-order valence-electron chi connectivity index (χ3n) is 6.37. The van der Waals surface area contributed by atoms with Gasteiger partial charge in [-0.25, -0.2) is 4.79 Å². The van der Waals surface area contributed by atoms with Crippen LogP contribution >= 0.6 is 0 Å². The second-order valence-electron chi connectivity index (χ2n) is 9.84. The fraction of sp³-hybridized carbons (Fsp3) is 0.533.